The largest absolute Gasteiger partial charge is 0.379 e. The number of quaternary nitrogens is 1. The molecule has 0 aromatic heterocycles. The van der Waals surface area contributed by atoms with E-state index in [0.29, 0.717) is 32.4 Å². The monoisotopic (exact) mass is 357 g/mol. The Morgan fingerprint density at radius 1 is 1.21 bits per heavy atom. The summed E-state index contributed by atoms with van der Waals surface area (Å²) in [4.78, 5) is 27.5. The van der Waals surface area contributed by atoms with Crippen molar-refractivity contribution >= 4 is 21.7 Å². The summed E-state index contributed by atoms with van der Waals surface area (Å²) >= 11 is 0. The third-order valence-electron chi connectivity index (χ3n) is 5.40. The fourth-order valence-electron chi connectivity index (χ4n) is 3.99. The predicted molar refractivity (Wildman–Crippen MR) is 86.8 cm³/mol. The molecule has 0 spiro atoms. The average molecular weight is 357 g/mol. The van der Waals surface area contributed by atoms with Crippen LogP contribution in [0.15, 0.2) is 12.2 Å². The zero-order valence-electron chi connectivity index (χ0n) is 13.9. The lowest BCUT2D eigenvalue weighted by Crippen LogP contribution is -3.18. The lowest BCUT2D eigenvalue weighted by Gasteiger charge is -2.28. The maximum absolute atomic E-state index is 12.6. The summed E-state index contributed by atoms with van der Waals surface area (Å²) in [6.45, 7) is 1.30. The number of hydrogen-bond acceptors (Lipinski definition) is 5. The molecular weight excluding hydrogens is 332 g/mol. The van der Waals surface area contributed by atoms with Gasteiger partial charge in [-0.1, -0.05) is 12.2 Å². The Bertz CT molecular complexity index is 619. The van der Waals surface area contributed by atoms with Gasteiger partial charge in [-0.25, -0.2) is 13.3 Å². The van der Waals surface area contributed by atoms with Crippen molar-refractivity contribution in [2.45, 2.75) is 25.3 Å². The van der Waals surface area contributed by atoms with Crippen LogP contribution in [0.1, 0.15) is 19.3 Å². The van der Waals surface area contributed by atoms with E-state index in [9.17, 15) is 18.0 Å². The quantitative estimate of drug-likeness (QED) is 0.468. The third-order valence-corrected chi connectivity index (χ3v) is 7.17. The normalized spacial score (nSPS) is 33.0. The first-order valence-corrected chi connectivity index (χ1v) is 10.3. The van der Waals surface area contributed by atoms with E-state index in [1.807, 2.05) is 12.2 Å². The summed E-state index contributed by atoms with van der Waals surface area (Å²) < 4.78 is 28.7. The molecular formula is C16H25N2O5S+. The molecule has 2 heterocycles. The van der Waals surface area contributed by atoms with E-state index in [2.05, 4.69) is 0 Å². The number of methoxy groups -OCH3 is 1. The van der Waals surface area contributed by atoms with E-state index in [0.717, 1.165) is 4.90 Å². The van der Waals surface area contributed by atoms with Crippen LogP contribution in [-0.2, 0) is 24.2 Å². The van der Waals surface area contributed by atoms with Gasteiger partial charge in [0.15, 0.2) is 16.5 Å². The van der Waals surface area contributed by atoms with Crippen LogP contribution in [0.4, 0.5) is 0 Å². The summed E-state index contributed by atoms with van der Waals surface area (Å²) in [5, 5.41) is 0. The number of carbonyl (C=O) groups excluding carboxylic acids is 2. The van der Waals surface area contributed by atoms with Crippen LogP contribution in [0, 0.1) is 11.8 Å². The van der Waals surface area contributed by atoms with Crippen LogP contribution in [0.2, 0.25) is 0 Å². The molecule has 3 rings (SSSR count). The summed E-state index contributed by atoms with van der Waals surface area (Å²) in [6, 6.07) is -0.0773. The summed E-state index contributed by atoms with van der Waals surface area (Å²) in [5.74, 6) is -0.380. The van der Waals surface area contributed by atoms with Gasteiger partial charge in [0.2, 0.25) is 11.8 Å². The van der Waals surface area contributed by atoms with E-state index >= 15 is 0 Å². The number of fused-ring (bicyclic) bond motifs is 1. The lowest BCUT2D eigenvalue weighted by molar-refractivity contribution is -0.929. The Hall–Kier alpha value is -1.25. The van der Waals surface area contributed by atoms with Gasteiger partial charge in [0.05, 0.1) is 24.2 Å². The van der Waals surface area contributed by atoms with Crippen molar-refractivity contribution in [3.05, 3.63) is 12.2 Å². The zero-order chi connectivity index (χ0) is 17.3. The minimum Gasteiger partial charge on any atom is -0.379 e. The molecule has 4 atom stereocenters. The average Bonchev–Trinajstić information content (AvgIpc) is 3.04. The Morgan fingerprint density at radius 3 is 2.33 bits per heavy atom. The van der Waals surface area contributed by atoms with Gasteiger partial charge in [-0.05, 0) is 12.8 Å². The number of ether oxygens (including phenoxy) is 1. The highest BCUT2D eigenvalue weighted by atomic mass is 32.2. The molecule has 0 aromatic rings. The number of imide groups is 1. The first-order chi connectivity index (χ1) is 11.4. The zero-order valence-corrected chi connectivity index (χ0v) is 14.8. The van der Waals surface area contributed by atoms with E-state index in [4.69, 9.17) is 4.74 Å². The standard InChI is InChI=1S/C16H24N2O5S/c1-23-8-7-17(12-6-9-24(21,22)10-12)11-18-15(19)13-4-2-3-5-14(13)16(18)20/h2-3,12-14H,4-11H2,1H3/p+1/t12-,13-,14+/m1/s1. The minimum absolute atomic E-state index is 0.0773. The minimum atomic E-state index is -3.01. The van der Waals surface area contributed by atoms with Crippen molar-refractivity contribution in [2.24, 2.45) is 11.8 Å². The topological polar surface area (TPSA) is 85.2 Å². The smallest absolute Gasteiger partial charge is 0.237 e. The summed E-state index contributed by atoms with van der Waals surface area (Å²) in [7, 11) is -1.41. The van der Waals surface area contributed by atoms with Gasteiger partial charge >= 0.3 is 0 Å². The van der Waals surface area contributed by atoms with Gasteiger partial charge in [0, 0.05) is 13.5 Å². The SMILES string of the molecule is COCC[NH+](CN1C(=O)[C@H]2CC=CC[C@H]2C1=O)[C@@H]1CCS(=O)(=O)C1. The number of nitrogens with one attached hydrogen (secondary N) is 1. The number of nitrogens with zero attached hydrogens (tertiary/aromatic N) is 1. The van der Waals surface area contributed by atoms with E-state index < -0.39 is 9.84 Å². The molecule has 2 amide bonds. The second-order valence-corrected chi connectivity index (χ2v) is 9.15. The highest BCUT2D eigenvalue weighted by molar-refractivity contribution is 7.91. The Kier molecular flexibility index (Phi) is 5.08. The van der Waals surface area contributed by atoms with Crippen LogP contribution in [0.3, 0.4) is 0 Å². The van der Waals surface area contributed by atoms with Crippen molar-refractivity contribution in [3.8, 4) is 0 Å². The molecule has 1 aliphatic carbocycles. The molecule has 7 nitrogen and oxygen atoms in total. The maximum atomic E-state index is 12.6. The lowest BCUT2D eigenvalue weighted by atomic mass is 9.85. The van der Waals surface area contributed by atoms with Crippen molar-refractivity contribution in [2.75, 3.05) is 38.4 Å². The number of allylic oxidation sites excluding steroid dienone is 2. The van der Waals surface area contributed by atoms with Crippen molar-refractivity contribution < 1.29 is 27.6 Å². The molecule has 24 heavy (non-hydrogen) atoms. The molecule has 0 saturated carbocycles. The van der Waals surface area contributed by atoms with Crippen LogP contribution in [0.5, 0.6) is 0 Å². The molecule has 0 aromatic carbocycles. The summed E-state index contributed by atoms with van der Waals surface area (Å²) in [6.07, 6.45) is 5.75. The molecule has 0 radical (unpaired) electrons. The van der Waals surface area contributed by atoms with Crippen molar-refractivity contribution in [1.82, 2.24) is 4.90 Å². The van der Waals surface area contributed by atoms with Gasteiger partial charge in [-0.2, -0.15) is 0 Å². The maximum Gasteiger partial charge on any atom is 0.237 e. The molecule has 1 N–H and O–H groups in total. The van der Waals surface area contributed by atoms with Gasteiger partial charge < -0.3 is 9.64 Å². The van der Waals surface area contributed by atoms with Gasteiger partial charge in [0.25, 0.3) is 0 Å². The number of sulfone groups is 1. The molecule has 134 valence electrons. The van der Waals surface area contributed by atoms with Crippen LogP contribution < -0.4 is 4.90 Å². The molecule has 2 saturated heterocycles. The molecule has 1 unspecified atom stereocenters. The molecule has 8 heteroatoms. The Morgan fingerprint density at radius 2 is 1.83 bits per heavy atom. The first kappa shape index (κ1) is 17.6. The number of amides is 2. The predicted octanol–water partition coefficient (Wildman–Crippen LogP) is -1.39. The second kappa shape index (κ2) is 6.93. The Balaban J connectivity index is 1.73. The fraction of sp³-hybridized carbons (Fsp3) is 0.750. The second-order valence-electron chi connectivity index (χ2n) is 6.92. The molecule has 0 bridgehead atoms. The van der Waals surface area contributed by atoms with Crippen LogP contribution in [0.25, 0.3) is 0 Å². The number of likely N-dealkylation sites (tertiary alicyclic amines) is 1. The fourth-order valence-corrected chi connectivity index (χ4v) is 5.82. The number of hydrogen-bond donors (Lipinski definition) is 1. The van der Waals surface area contributed by atoms with Crippen molar-refractivity contribution in [1.29, 1.82) is 0 Å². The van der Waals surface area contributed by atoms with E-state index in [-0.39, 0.29) is 47.9 Å². The number of carbonyl (C=O) groups is 2. The summed E-state index contributed by atoms with van der Waals surface area (Å²) in [5.41, 5.74) is 0. The first-order valence-electron chi connectivity index (χ1n) is 8.47. The molecule has 3 aliphatic rings. The highest BCUT2D eigenvalue weighted by Gasteiger charge is 2.49. The van der Waals surface area contributed by atoms with Gasteiger partial charge in [-0.15, -0.1) is 0 Å². The van der Waals surface area contributed by atoms with Gasteiger partial charge in [0.1, 0.15) is 18.3 Å². The third kappa shape index (κ3) is 3.41. The highest BCUT2D eigenvalue weighted by Crippen LogP contribution is 2.34. The van der Waals surface area contributed by atoms with Gasteiger partial charge in [-0.3, -0.25) is 9.59 Å². The van der Waals surface area contributed by atoms with Crippen molar-refractivity contribution in [3.63, 3.8) is 0 Å². The Labute approximate surface area is 142 Å². The number of rotatable bonds is 6. The van der Waals surface area contributed by atoms with Crippen LogP contribution in [-0.4, -0.2) is 69.6 Å². The molecule has 2 aliphatic heterocycles. The van der Waals surface area contributed by atoms with E-state index in [1.54, 1.807) is 7.11 Å². The molecule has 2 fully saturated rings. The van der Waals surface area contributed by atoms with Crippen LogP contribution >= 0.6 is 0 Å². The van der Waals surface area contributed by atoms with E-state index in [1.165, 1.54) is 4.90 Å².